The van der Waals surface area contributed by atoms with E-state index in [1.54, 1.807) is 6.92 Å². The summed E-state index contributed by atoms with van der Waals surface area (Å²) in [6.07, 6.45) is 7.44. The van der Waals surface area contributed by atoms with Gasteiger partial charge in [0.1, 0.15) is 0 Å². The number of hydrogen-bond acceptors (Lipinski definition) is 4. The van der Waals surface area contributed by atoms with Crippen molar-refractivity contribution in [3.05, 3.63) is 12.7 Å². The second kappa shape index (κ2) is 16.1. The molecule has 0 aliphatic heterocycles. The molecule has 0 unspecified atom stereocenters. The lowest BCUT2D eigenvalue weighted by molar-refractivity contribution is -0.297. The Bertz CT molecular complexity index is 331. The van der Waals surface area contributed by atoms with Gasteiger partial charge in [-0.1, -0.05) is 52.5 Å². The molecule has 0 amide bonds. The molecule has 0 aromatic carbocycles. The summed E-state index contributed by atoms with van der Waals surface area (Å²) in [6, 6.07) is 0. The van der Waals surface area contributed by atoms with Crippen LogP contribution in [0.4, 0.5) is 4.70 Å². The Morgan fingerprint density at radius 1 is 1.15 bits per heavy atom. The third-order valence-corrected chi connectivity index (χ3v) is 3.85. The van der Waals surface area contributed by atoms with Gasteiger partial charge in [-0.25, -0.2) is 13.1 Å². The molecule has 0 heterocycles. The summed E-state index contributed by atoms with van der Waals surface area (Å²) in [7, 11) is -2.97. The first-order valence-electron chi connectivity index (χ1n) is 6.70. The third kappa shape index (κ3) is 22.2. The summed E-state index contributed by atoms with van der Waals surface area (Å²) in [5, 5.41) is 9.14. The SMILES string of the molecule is C=CC(=O)[O-].CCCCCCCCS(=O)(=O)NCC.F. The molecule has 7 heteroatoms. The van der Waals surface area contributed by atoms with E-state index in [4.69, 9.17) is 9.90 Å². The van der Waals surface area contributed by atoms with E-state index >= 15 is 0 Å². The van der Waals surface area contributed by atoms with Gasteiger partial charge in [-0.3, -0.25) is 4.70 Å². The van der Waals surface area contributed by atoms with Gasteiger partial charge >= 0.3 is 0 Å². The Hall–Kier alpha value is -0.950. The van der Waals surface area contributed by atoms with Crippen molar-refractivity contribution in [3.63, 3.8) is 0 Å². The maximum atomic E-state index is 11.2. The Morgan fingerprint density at radius 2 is 1.60 bits per heavy atom. The fourth-order valence-corrected chi connectivity index (χ4v) is 2.53. The summed E-state index contributed by atoms with van der Waals surface area (Å²) in [5.41, 5.74) is 0. The fourth-order valence-electron chi connectivity index (χ4n) is 1.36. The number of carbonyl (C=O) groups excluding carboxylic acids is 1. The van der Waals surface area contributed by atoms with Gasteiger partial charge in [0.25, 0.3) is 0 Å². The molecule has 20 heavy (non-hydrogen) atoms. The number of hydrogen-bond donors (Lipinski definition) is 1. The van der Waals surface area contributed by atoms with E-state index < -0.39 is 16.0 Å². The Morgan fingerprint density at radius 3 is 2.00 bits per heavy atom. The molecule has 0 aliphatic carbocycles. The predicted octanol–water partition coefficient (Wildman–Crippen LogP) is 1.36. The van der Waals surface area contributed by atoms with Crippen molar-refractivity contribution in [2.45, 2.75) is 52.4 Å². The van der Waals surface area contributed by atoms with Crippen LogP contribution in [-0.4, -0.2) is 26.7 Å². The number of unbranched alkanes of at least 4 members (excludes halogenated alkanes) is 5. The number of aliphatic carboxylic acids is 1. The van der Waals surface area contributed by atoms with Gasteiger partial charge in [0.2, 0.25) is 10.0 Å². The molecule has 0 saturated carbocycles. The topological polar surface area (TPSA) is 86.3 Å². The van der Waals surface area contributed by atoms with Crippen LogP contribution < -0.4 is 9.83 Å². The molecule has 0 fully saturated rings. The Balaban J connectivity index is -0.000000414. The van der Waals surface area contributed by atoms with Crippen molar-refractivity contribution >= 4 is 16.0 Å². The lowest BCUT2D eigenvalue weighted by atomic mass is 10.1. The van der Waals surface area contributed by atoms with Crippen molar-refractivity contribution in [1.82, 2.24) is 4.72 Å². The standard InChI is InChI=1S/C10H23NO2S.C3H4O2.FH/c1-3-5-6-7-8-9-10-14(12,13)11-4-2;1-2-3(4)5;/h11H,3-10H2,1-2H3;2H,1H2,(H,4,5);1H/p-1. The molecule has 0 saturated heterocycles. The number of carboxylic acids is 1. The summed E-state index contributed by atoms with van der Waals surface area (Å²) >= 11 is 0. The predicted molar refractivity (Wildman–Crippen MR) is 78.5 cm³/mol. The average Bonchev–Trinajstić information content (AvgIpc) is 2.34. The second-order valence-electron chi connectivity index (χ2n) is 4.11. The largest absolute Gasteiger partial charge is 0.545 e. The van der Waals surface area contributed by atoms with E-state index in [1.165, 1.54) is 19.3 Å². The summed E-state index contributed by atoms with van der Waals surface area (Å²) in [6.45, 7) is 7.38. The van der Waals surface area contributed by atoms with Crippen molar-refractivity contribution in [1.29, 1.82) is 0 Å². The van der Waals surface area contributed by atoms with Crippen LogP contribution >= 0.6 is 0 Å². The van der Waals surface area contributed by atoms with Gasteiger partial charge in [0, 0.05) is 6.54 Å². The maximum Gasteiger partial charge on any atom is 0.211 e. The van der Waals surface area contributed by atoms with E-state index in [2.05, 4.69) is 18.2 Å². The van der Waals surface area contributed by atoms with Crippen LogP contribution in [0.5, 0.6) is 0 Å². The molecule has 0 spiro atoms. The first-order valence-corrected chi connectivity index (χ1v) is 8.35. The van der Waals surface area contributed by atoms with Crippen LogP contribution in [0.2, 0.25) is 0 Å². The lowest BCUT2D eigenvalue weighted by Crippen LogP contribution is -2.25. The van der Waals surface area contributed by atoms with Crippen LogP contribution in [-0.2, 0) is 14.8 Å². The molecule has 122 valence electrons. The molecule has 5 nitrogen and oxygen atoms in total. The molecule has 0 aromatic rings. The highest BCUT2D eigenvalue weighted by Gasteiger charge is 2.06. The van der Waals surface area contributed by atoms with E-state index in [0.717, 1.165) is 25.3 Å². The second-order valence-corrected chi connectivity index (χ2v) is 6.03. The smallest absolute Gasteiger partial charge is 0.211 e. The van der Waals surface area contributed by atoms with E-state index in [1.807, 2.05) is 0 Å². The zero-order valence-electron chi connectivity index (χ0n) is 12.4. The summed E-state index contributed by atoms with van der Waals surface area (Å²) in [5.74, 6) is -0.947. The monoisotopic (exact) mass is 312 g/mol. The maximum absolute atomic E-state index is 11.2. The van der Waals surface area contributed by atoms with Crippen LogP contribution in [0.1, 0.15) is 52.4 Å². The molecule has 0 atom stereocenters. The van der Waals surface area contributed by atoms with Crippen molar-refractivity contribution in [2.24, 2.45) is 0 Å². The van der Waals surface area contributed by atoms with Crippen LogP contribution in [0.15, 0.2) is 12.7 Å². The molecule has 0 rings (SSSR count). The molecule has 0 radical (unpaired) electrons. The average molecular weight is 312 g/mol. The molecule has 0 aliphatic rings. The number of nitrogens with one attached hydrogen (secondary N) is 1. The van der Waals surface area contributed by atoms with Gasteiger partial charge in [-0.05, 0) is 12.5 Å². The van der Waals surface area contributed by atoms with E-state index in [9.17, 15) is 8.42 Å². The number of sulfonamides is 1. The van der Waals surface area contributed by atoms with Crippen LogP contribution in [0.25, 0.3) is 0 Å². The zero-order chi connectivity index (χ0) is 15.1. The van der Waals surface area contributed by atoms with Gasteiger partial charge < -0.3 is 9.90 Å². The highest BCUT2D eigenvalue weighted by Crippen LogP contribution is 2.05. The highest BCUT2D eigenvalue weighted by atomic mass is 32.2. The molecule has 1 N–H and O–H groups in total. The van der Waals surface area contributed by atoms with Gasteiger partial charge in [-0.15, -0.1) is 0 Å². The molecule has 0 aromatic heterocycles. The minimum Gasteiger partial charge on any atom is -0.545 e. The van der Waals surface area contributed by atoms with Crippen molar-refractivity contribution in [3.8, 4) is 0 Å². The quantitative estimate of drug-likeness (QED) is 0.487. The number of carboxylic acid groups (broad SMARTS) is 1. The third-order valence-electron chi connectivity index (χ3n) is 2.30. The van der Waals surface area contributed by atoms with E-state index in [-0.39, 0.29) is 10.5 Å². The first kappa shape index (κ1) is 24.1. The molecule has 0 bridgehead atoms. The number of rotatable bonds is 10. The minimum absolute atomic E-state index is 0. The first-order chi connectivity index (χ1) is 8.89. The Labute approximate surface area is 121 Å². The number of carbonyl (C=O) groups is 1. The Kier molecular flexibility index (Phi) is 19.4. The molecular formula is C13H27FNO4S-. The van der Waals surface area contributed by atoms with Crippen molar-refractivity contribution in [2.75, 3.05) is 12.3 Å². The lowest BCUT2D eigenvalue weighted by Gasteiger charge is -2.03. The number of halogens is 1. The van der Waals surface area contributed by atoms with Crippen LogP contribution in [0.3, 0.4) is 0 Å². The van der Waals surface area contributed by atoms with E-state index in [0.29, 0.717) is 6.54 Å². The summed E-state index contributed by atoms with van der Waals surface area (Å²) in [4.78, 5) is 9.14. The minimum atomic E-state index is -2.97. The van der Waals surface area contributed by atoms with Crippen LogP contribution in [0, 0.1) is 0 Å². The summed E-state index contributed by atoms with van der Waals surface area (Å²) < 4.78 is 24.9. The van der Waals surface area contributed by atoms with Gasteiger partial charge in [0.15, 0.2) is 0 Å². The zero-order valence-corrected chi connectivity index (χ0v) is 13.2. The molecular weight excluding hydrogens is 285 g/mol. The van der Waals surface area contributed by atoms with Gasteiger partial charge in [-0.2, -0.15) is 0 Å². The normalized spacial score (nSPS) is 9.90. The fraction of sp³-hybridized carbons (Fsp3) is 0.769. The highest BCUT2D eigenvalue weighted by molar-refractivity contribution is 7.89. The van der Waals surface area contributed by atoms with Gasteiger partial charge in [0.05, 0.1) is 11.7 Å². The van der Waals surface area contributed by atoms with Crippen molar-refractivity contribution < 1.29 is 23.0 Å².